The number of guanidine groups is 1. The predicted molar refractivity (Wildman–Crippen MR) is 115 cm³/mol. The molecule has 2 rings (SSSR count). The second-order valence-corrected chi connectivity index (χ2v) is 7.25. The van der Waals surface area contributed by atoms with Crippen molar-refractivity contribution >= 4 is 29.9 Å². The fraction of sp³-hybridized carbons (Fsp3) is 0.947. The zero-order valence-electron chi connectivity index (χ0n) is 15.9. The summed E-state index contributed by atoms with van der Waals surface area (Å²) >= 11 is 0. The van der Waals surface area contributed by atoms with Gasteiger partial charge in [0.2, 0.25) is 0 Å². The Bertz CT molecular complexity index is 342. The van der Waals surface area contributed by atoms with Gasteiger partial charge in [-0.3, -0.25) is 4.99 Å². The number of halogens is 1. The lowest BCUT2D eigenvalue weighted by Gasteiger charge is -2.21. The zero-order valence-corrected chi connectivity index (χ0v) is 18.3. The summed E-state index contributed by atoms with van der Waals surface area (Å²) in [4.78, 5) is 4.33. The monoisotopic (exact) mass is 467 g/mol. The highest BCUT2D eigenvalue weighted by atomic mass is 127. The minimum atomic E-state index is 0. The molecule has 2 fully saturated rings. The summed E-state index contributed by atoms with van der Waals surface area (Å²) in [6, 6.07) is 0. The van der Waals surface area contributed by atoms with E-state index in [1.165, 1.54) is 44.9 Å². The molecular weight excluding hydrogens is 429 g/mol. The topological polar surface area (TPSA) is 54.9 Å². The Morgan fingerprint density at radius 1 is 1.04 bits per heavy atom. The second kappa shape index (κ2) is 15.0. The van der Waals surface area contributed by atoms with Gasteiger partial charge in [-0.1, -0.05) is 32.1 Å². The second-order valence-electron chi connectivity index (χ2n) is 7.25. The fourth-order valence-corrected chi connectivity index (χ4v) is 3.55. The molecule has 1 aliphatic carbocycles. The standard InChI is InChI=1S/C19H37N3O2.HI/c1-20-19(22-14-17-8-5-3-2-4-6-9-17)21-11-7-12-23-15-18-10-13-24-16-18;/h17-18H,2-16H2,1H3,(H2,20,21,22);1H. The molecular formula is C19H38IN3O2. The van der Waals surface area contributed by atoms with E-state index >= 15 is 0 Å². The molecule has 0 amide bonds. The zero-order chi connectivity index (χ0) is 16.9. The van der Waals surface area contributed by atoms with Crippen molar-refractivity contribution in [2.45, 2.75) is 57.8 Å². The van der Waals surface area contributed by atoms with Gasteiger partial charge in [0.15, 0.2) is 5.96 Å². The van der Waals surface area contributed by atoms with E-state index in [1.54, 1.807) is 0 Å². The van der Waals surface area contributed by atoms with Crippen molar-refractivity contribution in [2.75, 3.05) is 46.6 Å². The van der Waals surface area contributed by atoms with Gasteiger partial charge in [-0.05, 0) is 31.6 Å². The van der Waals surface area contributed by atoms with Gasteiger partial charge in [0.25, 0.3) is 0 Å². The highest BCUT2D eigenvalue weighted by molar-refractivity contribution is 14.0. The molecule has 0 aromatic rings. The smallest absolute Gasteiger partial charge is 0.190 e. The Morgan fingerprint density at radius 2 is 1.80 bits per heavy atom. The summed E-state index contributed by atoms with van der Waals surface area (Å²) in [5.74, 6) is 2.35. The maximum Gasteiger partial charge on any atom is 0.190 e. The van der Waals surface area contributed by atoms with Gasteiger partial charge >= 0.3 is 0 Å². The molecule has 6 heteroatoms. The van der Waals surface area contributed by atoms with Crippen molar-refractivity contribution in [1.82, 2.24) is 10.6 Å². The molecule has 0 spiro atoms. The number of nitrogens with one attached hydrogen (secondary N) is 2. The van der Waals surface area contributed by atoms with Crippen LogP contribution in [0.4, 0.5) is 0 Å². The maximum atomic E-state index is 5.73. The molecule has 1 saturated carbocycles. The van der Waals surface area contributed by atoms with E-state index in [0.717, 1.165) is 64.2 Å². The summed E-state index contributed by atoms with van der Waals surface area (Å²) in [7, 11) is 1.85. The number of hydrogen-bond acceptors (Lipinski definition) is 3. The lowest BCUT2D eigenvalue weighted by atomic mass is 9.91. The highest BCUT2D eigenvalue weighted by Gasteiger charge is 2.15. The van der Waals surface area contributed by atoms with Gasteiger partial charge in [-0.15, -0.1) is 24.0 Å². The minimum Gasteiger partial charge on any atom is -0.381 e. The summed E-state index contributed by atoms with van der Waals surface area (Å²) in [5, 5.41) is 6.90. The molecule has 1 saturated heterocycles. The van der Waals surface area contributed by atoms with Gasteiger partial charge in [0.05, 0.1) is 13.2 Å². The molecule has 1 heterocycles. The van der Waals surface area contributed by atoms with E-state index in [2.05, 4.69) is 15.6 Å². The summed E-state index contributed by atoms with van der Waals surface area (Å²) in [6.45, 7) is 5.38. The summed E-state index contributed by atoms with van der Waals surface area (Å²) < 4.78 is 11.1. The Balaban J connectivity index is 0.00000312. The van der Waals surface area contributed by atoms with Gasteiger partial charge in [-0.25, -0.2) is 0 Å². The van der Waals surface area contributed by atoms with Crippen molar-refractivity contribution < 1.29 is 9.47 Å². The third-order valence-corrected chi connectivity index (χ3v) is 5.14. The van der Waals surface area contributed by atoms with Crippen molar-refractivity contribution in [1.29, 1.82) is 0 Å². The van der Waals surface area contributed by atoms with Crippen LogP contribution in [-0.2, 0) is 9.47 Å². The van der Waals surface area contributed by atoms with Crippen LogP contribution in [0.1, 0.15) is 57.8 Å². The molecule has 2 aliphatic rings. The summed E-state index contributed by atoms with van der Waals surface area (Å²) in [5.41, 5.74) is 0. The molecule has 5 nitrogen and oxygen atoms in total. The van der Waals surface area contributed by atoms with Gasteiger partial charge in [0, 0.05) is 39.3 Å². The van der Waals surface area contributed by atoms with Crippen LogP contribution in [0, 0.1) is 11.8 Å². The number of aliphatic imine (C=N–C) groups is 1. The highest BCUT2D eigenvalue weighted by Crippen LogP contribution is 2.21. The Hall–Kier alpha value is -0.0800. The van der Waals surface area contributed by atoms with E-state index in [1.807, 2.05) is 7.05 Å². The normalized spacial score (nSPS) is 22.8. The van der Waals surface area contributed by atoms with Crippen LogP contribution in [0.15, 0.2) is 4.99 Å². The van der Waals surface area contributed by atoms with E-state index in [9.17, 15) is 0 Å². The van der Waals surface area contributed by atoms with Gasteiger partial charge in [0.1, 0.15) is 0 Å². The van der Waals surface area contributed by atoms with E-state index in [0.29, 0.717) is 5.92 Å². The Labute approximate surface area is 171 Å². The van der Waals surface area contributed by atoms with Crippen LogP contribution >= 0.6 is 24.0 Å². The largest absolute Gasteiger partial charge is 0.381 e. The van der Waals surface area contributed by atoms with Crippen LogP contribution in [-0.4, -0.2) is 52.5 Å². The van der Waals surface area contributed by atoms with Crippen LogP contribution in [0.5, 0.6) is 0 Å². The number of ether oxygens (including phenoxy) is 2. The SMILES string of the molecule is CN=C(NCCCOCC1CCOC1)NCC1CCCCCCC1.I. The van der Waals surface area contributed by atoms with E-state index < -0.39 is 0 Å². The molecule has 0 radical (unpaired) electrons. The van der Waals surface area contributed by atoms with E-state index in [4.69, 9.17) is 9.47 Å². The molecule has 1 aliphatic heterocycles. The lowest BCUT2D eigenvalue weighted by molar-refractivity contribution is 0.0888. The van der Waals surface area contributed by atoms with E-state index in [-0.39, 0.29) is 24.0 Å². The Morgan fingerprint density at radius 3 is 2.48 bits per heavy atom. The van der Waals surface area contributed by atoms with Gasteiger partial charge in [-0.2, -0.15) is 0 Å². The van der Waals surface area contributed by atoms with Crippen molar-refractivity contribution in [3.63, 3.8) is 0 Å². The average Bonchev–Trinajstić information content (AvgIpc) is 3.08. The third kappa shape index (κ3) is 10.6. The van der Waals surface area contributed by atoms with Crippen LogP contribution < -0.4 is 10.6 Å². The van der Waals surface area contributed by atoms with Crippen LogP contribution in [0.2, 0.25) is 0 Å². The number of rotatable bonds is 8. The van der Waals surface area contributed by atoms with Crippen molar-refractivity contribution in [3.05, 3.63) is 0 Å². The first kappa shape index (κ1) is 23.0. The molecule has 1 unspecified atom stereocenters. The molecule has 0 aromatic heterocycles. The first-order chi connectivity index (χ1) is 11.9. The molecule has 148 valence electrons. The molecule has 2 N–H and O–H groups in total. The Kier molecular flexibility index (Phi) is 13.8. The lowest BCUT2D eigenvalue weighted by Crippen LogP contribution is -2.40. The maximum absolute atomic E-state index is 5.73. The first-order valence-electron chi connectivity index (χ1n) is 9.98. The summed E-state index contributed by atoms with van der Waals surface area (Å²) in [6.07, 6.45) is 11.9. The van der Waals surface area contributed by atoms with Crippen molar-refractivity contribution in [3.8, 4) is 0 Å². The van der Waals surface area contributed by atoms with Crippen LogP contribution in [0.25, 0.3) is 0 Å². The molecule has 0 bridgehead atoms. The first-order valence-corrected chi connectivity index (χ1v) is 9.98. The minimum absolute atomic E-state index is 0. The number of hydrogen-bond donors (Lipinski definition) is 2. The quantitative estimate of drug-likeness (QED) is 0.248. The average molecular weight is 467 g/mol. The predicted octanol–water partition coefficient (Wildman–Crippen LogP) is 3.57. The molecule has 0 aromatic carbocycles. The molecule has 1 atom stereocenters. The molecule has 25 heavy (non-hydrogen) atoms. The van der Waals surface area contributed by atoms with Crippen LogP contribution in [0.3, 0.4) is 0 Å². The fourth-order valence-electron chi connectivity index (χ4n) is 3.55. The van der Waals surface area contributed by atoms with Crippen molar-refractivity contribution in [2.24, 2.45) is 16.8 Å². The third-order valence-electron chi connectivity index (χ3n) is 5.14. The van der Waals surface area contributed by atoms with Gasteiger partial charge < -0.3 is 20.1 Å². The number of nitrogens with zero attached hydrogens (tertiary/aromatic N) is 1.